The lowest BCUT2D eigenvalue weighted by atomic mass is 9.95. The van der Waals surface area contributed by atoms with Crippen molar-refractivity contribution < 1.29 is 0 Å². The van der Waals surface area contributed by atoms with E-state index in [1.807, 2.05) is 12.1 Å². The molecular formula is C21H27N3. The predicted molar refractivity (Wildman–Crippen MR) is 101 cm³/mol. The summed E-state index contributed by atoms with van der Waals surface area (Å²) in [5.41, 5.74) is 2.06. The van der Waals surface area contributed by atoms with E-state index in [1.165, 1.54) is 30.5 Å². The van der Waals surface area contributed by atoms with Gasteiger partial charge in [-0.25, -0.2) is 0 Å². The van der Waals surface area contributed by atoms with Crippen molar-refractivity contribution in [3.05, 3.63) is 42.0 Å². The van der Waals surface area contributed by atoms with Gasteiger partial charge in [0.2, 0.25) is 0 Å². The zero-order chi connectivity index (χ0) is 16.9. The van der Waals surface area contributed by atoms with Gasteiger partial charge in [0.05, 0.1) is 11.6 Å². The molecule has 3 heteroatoms. The second kappa shape index (κ2) is 7.68. The Morgan fingerprint density at radius 2 is 1.88 bits per heavy atom. The first-order valence-electron chi connectivity index (χ1n) is 9.16. The van der Waals surface area contributed by atoms with Crippen molar-refractivity contribution in [2.45, 2.75) is 26.7 Å². The predicted octanol–water partition coefficient (Wildman–Crippen LogP) is 4.27. The molecule has 0 aliphatic carbocycles. The van der Waals surface area contributed by atoms with Crippen LogP contribution in [0.25, 0.3) is 10.8 Å². The van der Waals surface area contributed by atoms with Gasteiger partial charge in [0.1, 0.15) is 0 Å². The van der Waals surface area contributed by atoms with Gasteiger partial charge in [-0.3, -0.25) is 0 Å². The first-order chi connectivity index (χ1) is 11.8. The molecule has 126 valence electrons. The number of nitriles is 1. The number of nitrogens with zero attached hydrogens (tertiary/aromatic N) is 3. The van der Waals surface area contributed by atoms with E-state index in [-0.39, 0.29) is 0 Å². The minimum atomic E-state index is 0.730. The molecule has 0 N–H and O–H groups in total. The van der Waals surface area contributed by atoms with E-state index in [9.17, 15) is 5.26 Å². The van der Waals surface area contributed by atoms with Gasteiger partial charge < -0.3 is 9.80 Å². The van der Waals surface area contributed by atoms with Gasteiger partial charge in [0.25, 0.3) is 0 Å². The number of hydrogen-bond donors (Lipinski definition) is 0. The normalized spacial score (nSPS) is 18.1. The monoisotopic (exact) mass is 321 g/mol. The SMILES string of the molecule is CCN(CC)CC1CCCN(c2ccc(C#N)c3ccccc23)C1. The number of fused-ring (bicyclic) bond motifs is 1. The molecule has 1 fully saturated rings. The van der Waals surface area contributed by atoms with Crippen molar-refractivity contribution >= 4 is 16.5 Å². The summed E-state index contributed by atoms with van der Waals surface area (Å²) in [5, 5.41) is 11.6. The molecule has 1 unspecified atom stereocenters. The van der Waals surface area contributed by atoms with Crippen molar-refractivity contribution in [3.63, 3.8) is 0 Å². The first kappa shape index (κ1) is 16.8. The van der Waals surface area contributed by atoms with Crippen LogP contribution in [0.3, 0.4) is 0 Å². The second-order valence-electron chi connectivity index (χ2n) is 6.73. The summed E-state index contributed by atoms with van der Waals surface area (Å²) >= 11 is 0. The minimum Gasteiger partial charge on any atom is -0.371 e. The Hall–Kier alpha value is -2.05. The van der Waals surface area contributed by atoms with Gasteiger partial charge in [0, 0.05) is 36.1 Å². The van der Waals surface area contributed by atoms with Crippen LogP contribution < -0.4 is 4.90 Å². The molecule has 3 rings (SSSR count). The summed E-state index contributed by atoms with van der Waals surface area (Å²) in [6.45, 7) is 10.2. The fourth-order valence-corrected chi connectivity index (χ4v) is 3.94. The van der Waals surface area contributed by atoms with Crippen LogP contribution in [0.4, 0.5) is 5.69 Å². The molecule has 0 saturated carbocycles. The van der Waals surface area contributed by atoms with Gasteiger partial charge in [-0.05, 0) is 44.0 Å². The molecule has 3 nitrogen and oxygen atoms in total. The summed E-state index contributed by atoms with van der Waals surface area (Å²) in [7, 11) is 0. The maximum atomic E-state index is 9.36. The van der Waals surface area contributed by atoms with Crippen LogP contribution in [0.15, 0.2) is 36.4 Å². The van der Waals surface area contributed by atoms with Gasteiger partial charge in [-0.15, -0.1) is 0 Å². The molecule has 1 atom stereocenters. The molecule has 1 aliphatic heterocycles. The van der Waals surface area contributed by atoms with Crippen molar-refractivity contribution in [2.75, 3.05) is 37.6 Å². The average molecular weight is 321 g/mol. The molecule has 0 aromatic heterocycles. The van der Waals surface area contributed by atoms with Crippen molar-refractivity contribution in [3.8, 4) is 6.07 Å². The maximum Gasteiger partial charge on any atom is 0.0998 e. The van der Waals surface area contributed by atoms with Crippen LogP contribution in [0.1, 0.15) is 32.3 Å². The lowest BCUT2D eigenvalue weighted by Gasteiger charge is -2.37. The largest absolute Gasteiger partial charge is 0.371 e. The fraction of sp³-hybridized carbons (Fsp3) is 0.476. The third kappa shape index (κ3) is 3.39. The second-order valence-corrected chi connectivity index (χ2v) is 6.73. The van der Waals surface area contributed by atoms with E-state index in [2.05, 4.69) is 54.0 Å². The number of benzene rings is 2. The third-order valence-electron chi connectivity index (χ3n) is 5.29. The number of anilines is 1. The summed E-state index contributed by atoms with van der Waals surface area (Å²) in [6, 6.07) is 14.8. The molecule has 0 radical (unpaired) electrons. The highest BCUT2D eigenvalue weighted by Gasteiger charge is 2.23. The molecule has 1 saturated heterocycles. The Morgan fingerprint density at radius 1 is 1.12 bits per heavy atom. The molecule has 0 spiro atoms. The Balaban J connectivity index is 1.86. The smallest absolute Gasteiger partial charge is 0.0998 e. The highest BCUT2D eigenvalue weighted by Crippen LogP contribution is 2.32. The Morgan fingerprint density at radius 3 is 2.58 bits per heavy atom. The van der Waals surface area contributed by atoms with Gasteiger partial charge in [-0.2, -0.15) is 5.26 Å². The number of hydrogen-bond acceptors (Lipinski definition) is 3. The summed E-state index contributed by atoms with van der Waals surface area (Å²) in [4.78, 5) is 5.06. The number of rotatable bonds is 5. The molecule has 1 heterocycles. The van der Waals surface area contributed by atoms with Crippen molar-refractivity contribution in [2.24, 2.45) is 5.92 Å². The van der Waals surface area contributed by atoms with E-state index in [0.29, 0.717) is 0 Å². The molecule has 2 aromatic carbocycles. The molecule has 0 amide bonds. The van der Waals surface area contributed by atoms with Crippen LogP contribution >= 0.6 is 0 Å². The van der Waals surface area contributed by atoms with E-state index < -0.39 is 0 Å². The molecular weight excluding hydrogens is 294 g/mol. The van der Waals surface area contributed by atoms with E-state index in [0.717, 1.165) is 43.0 Å². The van der Waals surface area contributed by atoms with Crippen LogP contribution in [0.5, 0.6) is 0 Å². The lowest BCUT2D eigenvalue weighted by Crippen LogP contribution is -2.41. The van der Waals surface area contributed by atoms with Crippen LogP contribution in [0, 0.1) is 17.2 Å². The zero-order valence-electron chi connectivity index (χ0n) is 14.8. The van der Waals surface area contributed by atoms with E-state index >= 15 is 0 Å². The van der Waals surface area contributed by atoms with Crippen molar-refractivity contribution in [1.29, 1.82) is 5.26 Å². The molecule has 24 heavy (non-hydrogen) atoms. The third-order valence-corrected chi connectivity index (χ3v) is 5.29. The van der Waals surface area contributed by atoms with E-state index in [4.69, 9.17) is 0 Å². The standard InChI is InChI=1S/C21H27N3/c1-3-23(4-2)15-17-8-7-13-24(16-17)21-12-11-18(14-22)19-9-5-6-10-20(19)21/h5-6,9-12,17H,3-4,7-8,13,15-16H2,1-2H3. The minimum absolute atomic E-state index is 0.730. The maximum absolute atomic E-state index is 9.36. The highest BCUT2D eigenvalue weighted by molar-refractivity contribution is 5.97. The molecule has 0 bridgehead atoms. The number of piperidine rings is 1. The summed E-state index contributed by atoms with van der Waals surface area (Å²) in [5.74, 6) is 0.730. The fourth-order valence-electron chi connectivity index (χ4n) is 3.94. The summed E-state index contributed by atoms with van der Waals surface area (Å²) < 4.78 is 0. The van der Waals surface area contributed by atoms with E-state index in [1.54, 1.807) is 0 Å². The van der Waals surface area contributed by atoms with Crippen LogP contribution in [0.2, 0.25) is 0 Å². The Kier molecular flexibility index (Phi) is 5.37. The molecule has 1 aliphatic rings. The first-order valence-corrected chi connectivity index (χ1v) is 9.16. The van der Waals surface area contributed by atoms with Gasteiger partial charge in [-0.1, -0.05) is 38.1 Å². The van der Waals surface area contributed by atoms with Crippen LogP contribution in [-0.2, 0) is 0 Å². The van der Waals surface area contributed by atoms with Gasteiger partial charge >= 0.3 is 0 Å². The average Bonchev–Trinajstić information content (AvgIpc) is 2.65. The Labute approximate surface area is 145 Å². The zero-order valence-corrected chi connectivity index (χ0v) is 14.8. The lowest BCUT2D eigenvalue weighted by molar-refractivity contribution is 0.234. The topological polar surface area (TPSA) is 30.3 Å². The quantitative estimate of drug-likeness (QED) is 0.824. The van der Waals surface area contributed by atoms with Crippen LogP contribution in [-0.4, -0.2) is 37.6 Å². The highest BCUT2D eigenvalue weighted by atomic mass is 15.2. The Bertz CT molecular complexity index is 727. The van der Waals surface area contributed by atoms with Crippen molar-refractivity contribution in [1.82, 2.24) is 4.90 Å². The molecule has 2 aromatic rings. The summed E-state index contributed by atoms with van der Waals surface area (Å²) in [6.07, 6.45) is 2.57. The van der Waals surface area contributed by atoms with Gasteiger partial charge in [0.15, 0.2) is 0 Å².